The van der Waals surface area contributed by atoms with Gasteiger partial charge in [-0.1, -0.05) is 125 Å². The fourth-order valence-electron chi connectivity index (χ4n) is 7.90. The Labute approximate surface area is 175 Å². The van der Waals surface area contributed by atoms with E-state index in [1.807, 2.05) is 0 Å². The van der Waals surface area contributed by atoms with Crippen molar-refractivity contribution in [2.24, 2.45) is 0 Å². The predicted octanol–water partition coefficient (Wildman–Crippen LogP) is 9.69. The van der Waals surface area contributed by atoms with E-state index < -0.39 is 16.6 Å². The molecule has 0 amide bonds. The molecule has 0 N–H and O–H groups in total. The molecular weight excluding hydrogens is 360 g/mol. The van der Waals surface area contributed by atoms with Crippen molar-refractivity contribution in [3.05, 3.63) is 0 Å². The molecule has 0 heterocycles. The zero-order valence-corrected chi connectivity index (χ0v) is 24.4. The minimum Gasteiger partial charge on any atom is -0.453 e. The zero-order chi connectivity index (χ0) is 22.7. The maximum atomic E-state index is 8.09. The highest BCUT2D eigenvalue weighted by Crippen LogP contribution is 2.70. The van der Waals surface area contributed by atoms with Crippen molar-refractivity contribution in [3.63, 3.8) is 0 Å². The minimum absolute atomic E-state index is 0.142. The third-order valence-electron chi connectivity index (χ3n) is 6.64. The van der Waals surface area contributed by atoms with Crippen LogP contribution in [-0.4, -0.2) is 16.6 Å². The molecule has 0 aliphatic carbocycles. The molecule has 0 saturated heterocycles. The first-order valence-corrected chi connectivity index (χ1v) is 14.7. The van der Waals surface area contributed by atoms with Crippen LogP contribution >= 0.6 is 0 Å². The number of hydrogen-bond donors (Lipinski definition) is 0. The summed E-state index contributed by atoms with van der Waals surface area (Å²) >= 11 is 0. The van der Waals surface area contributed by atoms with Gasteiger partial charge < -0.3 is 4.12 Å². The molecule has 0 saturated carbocycles. The van der Waals surface area contributed by atoms with Gasteiger partial charge in [0.15, 0.2) is 16.6 Å². The smallest absolute Gasteiger partial charge is 0.196 e. The van der Waals surface area contributed by atoms with Gasteiger partial charge in [0.1, 0.15) is 0 Å². The topological polar surface area (TPSA) is 9.23 Å². The monoisotopic (exact) mass is 414 g/mol. The summed E-state index contributed by atoms with van der Waals surface area (Å²) in [4.78, 5) is 0. The fourth-order valence-corrected chi connectivity index (χ4v) is 30.6. The van der Waals surface area contributed by atoms with Gasteiger partial charge in [0.2, 0.25) is 0 Å². The van der Waals surface area contributed by atoms with Gasteiger partial charge in [0.25, 0.3) is 0 Å². The molecule has 0 atom stereocenters. The van der Waals surface area contributed by atoms with E-state index in [0.29, 0.717) is 0 Å². The van der Waals surface area contributed by atoms with Gasteiger partial charge in [0.05, 0.1) is 0 Å². The molecule has 0 aromatic carbocycles. The first kappa shape index (κ1) is 27.4. The Morgan fingerprint density at radius 1 is 0.296 bits per heavy atom. The maximum absolute atomic E-state index is 8.09. The molecular formula is C24H54OSi2. The third kappa shape index (κ3) is 4.31. The van der Waals surface area contributed by atoms with Crippen molar-refractivity contribution in [2.45, 2.75) is 155 Å². The molecule has 0 aromatic rings. The Balaban J connectivity index is 7.45. The number of hydrogen-bond acceptors (Lipinski definition) is 1. The second-order valence-electron chi connectivity index (χ2n) is 15.0. The fraction of sp³-hybridized carbons (Fsp3) is 1.00. The Hall–Kier alpha value is 0.394. The summed E-state index contributed by atoms with van der Waals surface area (Å²) in [5, 5.41) is 0.854. The summed E-state index contributed by atoms with van der Waals surface area (Å²) in [7, 11) is -4.61. The van der Waals surface area contributed by atoms with Crippen LogP contribution in [0.2, 0.25) is 30.2 Å². The molecule has 0 aliphatic heterocycles. The normalized spacial score (nSPS) is 16.7. The summed E-state index contributed by atoms with van der Waals surface area (Å²) in [5.41, 5.74) is 0. The SMILES string of the molecule is CC(C)(C)[Si](O[Si](C(C)(C)C)(C(C)(C)C)C(C)(C)C)(C(C)(C)C)C(C)(C)C. The number of rotatable bonds is 2. The van der Waals surface area contributed by atoms with E-state index in [4.69, 9.17) is 4.12 Å². The van der Waals surface area contributed by atoms with E-state index >= 15 is 0 Å². The van der Waals surface area contributed by atoms with Gasteiger partial charge in [-0.3, -0.25) is 0 Å². The Bertz CT molecular complexity index is 385. The first-order chi connectivity index (χ1) is 11.2. The molecule has 0 spiro atoms. The second kappa shape index (κ2) is 6.98. The van der Waals surface area contributed by atoms with Crippen LogP contribution in [0.4, 0.5) is 0 Å². The van der Waals surface area contributed by atoms with E-state index in [-0.39, 0.29) is 30.2 Å². The van der Waals surface area contributed by atoms with Gasteiger partial charge >= 0.3 is 0 Å². The molecule has 0 unspecified atom stereocenters. The highest BCUT2D eigenvalue weighted by atomic mass is 28.4. The van der Waals surface area contributed by atoms with Crippen LogP contribution < -0.4 is 0 Å². The van der Waals surface area contributed by atoms with Crippen molar-refractivity contribution in [2.75, 3.05) is 0 Å². The van der Waals surface area contributed by atoms with Crippen molar-refractivity contribution < 1.29 is 4.12 Å². The molecule has 0 bridgehead atoms. The lowest BCUT2D eigenvalue weighted by Gasteiger charge is -2.68. The Morgan fingerprint density at radius 2 is 0.407 bits per heavy atom. The Morgan fingerprint density at radius 3 is 0.481 bits per heavy atom. The van der Waals surface area contributed by atoms with Crippen LogP contribution in [0.5, 0.6) is 0 Å². The van der Waals surface area contributed by atoms with E-state index in [1.54, 1.807) is 0 Å². The summed E-state index contributed by atoms with van der Waals surface area (Å²) in [6.07, 6.45) is 0. The van der Waals surface area contributed by atoms with Gasteiger partial charge in [-0.25, -0.2) is 0 Å². The van der Waals surface area contributed by atoms with Crippen LogP contribution in [0.1, 0.15) is 125 Å². The van der Waals surface area contributed by atoms with Crippen LogP contribution in [0.25, 0.3) is 0 Å². The standard InChI is InChI=1S/C24H54OSi2/c1-19(2,3)26(20(4,5)6,21(7,8)9)25-27(22(10,11)12,23(13,14)15)24(16,17)18/h1-18H3. The average molecular weight is 415 g/mol. The summed E-state index contributed by atoms with van der Waals surface area (Å²) in [6, 6.07) is 0. The molecule has 0 rings (SSSR count). The summed E-state index contributed by atoms with van der Waals surface area (Å²) in [6.45, 7) is 44.1. The van der Waals surface area contributed by atoms with E-state index in [0.717, 1.165) is 0 Å². The molecule has 164 valence electrons. The van der Waals surface area contributed by atoms with Gasteiger partial charge in [0, 0.05) is 0 Å². The zero-order valence-electron chi connectivity index (χ0n) is 22.4. The highest BCUT2D eigenvalue weighted by Gasteiger charge is 2.70. The van der Waals surface area contributed by atoms with Crippen molar-refractivity contribution in [1.82, 2.24) is 0 Å². The molecule has 3 heteroatoms. The lowest BCUT2D eigenvalue weighted by molar-refractivity contribution is 0.301. The molecule has 1 nitrogen and oxygen atoms in total. The highest BCUT2D eigenvalue weighted by molar-refractivity contribution is 6.94. The van der Waals surface area contributed by atoms with Crippen LogP contribution in [-0.2, 0) is 4.12 Å². The van der Waals surface area contributed by atoms with Crippen LogP contribution in [0.15, 0.2) is 0 Å². The molecule has 0 aromatic heterocycles. The molecule has 0 aliphatic rings. The maximum Gasteiger partial charge on any atom is 0.196 e. The molecule has 0 fully saturated rings. The van der Waals surface area contributed by atoms with Gasteiger partial charge in [-0.15, -0.1) is 0 Å². The summed E-state index contributed by atoms with van der Waals surface area (Å²) < 4.78 is 8.09. The average Bonchev–Trinajstić information content (AvgIpc) is 2.16. The minimum atomic E-state index is -2.30. The third-order valence-corrected chi connectivity index (χ3v) is 21.8. The van der Waals surface area contributed by atoms with E-state index in [2.05, 4.69) is 125 Å². The first-order valence-electron chi connectivity index (χ1n) is 10.9. The predicted molar refractivity (Wildman–Crippen MR) is 131 cm³/mol. The second-order valence-corrected chi connectivity index (χ2v) is 27.5. The van der Waals surface area contributed by atoms with Crippen molar-refractivity contribution >= 4 is 16.6 Å². The Kier molecular flexibility index (Phi) is 7.08. The van der Waals surface area contributed by atoms with E-state index in [1.165, 1.54) is 0 Å². The van der Waals surface area contributed by atoms with Crippen molar-refractivity contribution in [3.8, 4) is 0 Å². The largest absolute Gasteiger partial charge is 0.453 e. The van der Waals surface area contributed by atoms with Crippen LogP contribution in [0, 0.1) is 0 Å². The summed E-state index contributed by atoms with van der Waals surface area (Å²) in [5.74, 6) is 0. The van der Waals surface area contributed by atoms with Gasteiger partial charge in [-0.2, -0.15) is 0 Å². The van der Waals surface area contributed by atoms with E-state index in [9.17, 15) is 0 Å². The molecule has 0 radical (unpaired) electrons. The lowest BCUT2D eigenvalue weighted by Crippen LogP contribution is -2.72. The van der Waals surface area contributed by atoms with Crippen LogP contribution in [0.3, 0.4) is 0 Å². The quantitative estimate of drug-likeness (QED) is 0.408. The van der Waals surface area contributed by atoms with Gasteiger partial charge in [-0.05, 0) is 30.2 Å². The lowest BCUT2D eigenvalue weighted by atomic mass is 10.2. The van der Waals surface area contributed by atoms with Crippen molar-refractivity contribution in [1.29, 1.82) is 0 Å². The molecule has 27 heavy (non-hydrogen) atoms.